The number of benzene rings is 2. The second-order valence-electron chi connectivity index (χ2n) is 6.84. The summed E-state index contributed by atoms with van der Waals surface area (Å²) in [5.41, 5.74) is 4.19. The lowest BCUT2D eigenvalue weighted by molar-refractivity contribution is 0.572. The Morgan fingerprint density at radius 2 is 1.87 bits per heavy atom. The molecule has 4 aromatic rings. The van der Waals surface area contributed by atoms with Gasteiger partial charge in [-0.2, -0.15) is 0 Å². The smallest absolute Gasteiger partial charge is 0.226 e. The van der Waals surface area contributed by atoms with Crippen molar-refractivity contribution in [3.05, 3.63) is 96.4 Å². The summed E-state index contributed by atoms with van der Waals surface area (Å²) in [6.07, 6.45) is 7.24. The number of aromatic nitrogens is 3. The first-order valence-corrected chi connectivity index (χ1v) is 9.78. The van der Waals surface area contributed by atoms with Gasteiger partial charge in [0.15, 0.2) is 5.96 Å². The van der Waals surface area contributed by atoms with Crippen LogP contribution in [-0.4, -0.2) is 27.5 Å². The molecular formula is C23H24N6O. The maximum atomic E-state index is 5.58. The summed E-state index contributed by atoms with van der Waals surface area (Å²) in [7, 11) is 1.75. The predicted octanol–water partition coefficient (Wildman–Crippen LogP) is 3.45. The molecule has 0 atom stereocenters. The molecule has 0 radical (unpaired) electrons. The van der Waals surface area contributed by atoms with Gasteiger partial charge in [0.05, 0.1) is 18.6 Å². The highest BCUT2D eigenvalue weighted by molar-refractivity contribution is 5.79. The Balaban J connectivity index is 1.30. The highest BCUT2D eigenvalue weighted by Crippen LogP contribution is 2.17. The molecule has 2 N–H and O–H groups in total. The van der Waals surface area contributed by atoms with Crippen molar-refractivity contribution in [3.63, 3.8) is 0 Å². The zero-order chi connectivity index (χ0) is 20.6. The Hall–Kier alpha value is -3.87. The Bertz CT molecular complexity index is 1090. The Morgan fingerprint density at radius 3 is 2.67 bits per heavy atom. The minimum Gasteiger partial charge on any atom is -0.444 e. The molecule has 0 saturated carbocycles. The van der Waals surface area contributed by atoms with E-state index in [1.165, 1.54) is 11.1 Å². The van der Waals surface area contributed by atoms with Crippen LogP contribution in [0.25, 0.3) is 11.5 Å². The minimum atomic E-state index is 0.524. The molecule has 2 aromatic carbocycles. The maximum Gasteiger partial charge on any atom is 0.226 e. The number of hydrogen-bond donors (Lipinski definition) is 2. The highest BCUT2D eigenvalue weighted by atomic mass is 16.3. The molecule has 0 amide bonds. The molecule has 0 bridgehead atoms. The zero-order valence-electron chi connectivity index (χ0n) is 16.8. The number of guanidine groups is 1. The van der Waals surface area contributed by atoms with Crippen molar-refractivity contribution in [2.24, 2.45) is 4.99 Å². The van der Waals surface area contributed by atoms with Crippen molar-refractivity contribution in [2.45, 2.75) is 19.6 Å². The van der Waals surface area contributed by atoms with Crippen LogP contribution in [0.4, 0.5) is 0 Å². The van der Waals surface area contributed by atoms with E-state index in [0.29, 0.717) is 24.9 Å². The summed E-state index contributed by atoms with van der Waals surface area (Å²) in [5, 5.41) is 6.62. The van der Waals surface area contributed by atoms with E-state index in [1.807, 2.05) is 42.9 Å². The van der Waals surface area contributed by atoms with Crippen LogP contribution in [0.5, 0.6) is 0 Å². The number of nitrogens with zero attached hydrogens (tertiary/aromatic N) is 4. The standard InChI is InChI=1S/C23H24N6O/c1-24-23(27-14-21-16-30-22(28-21)20-8-3-2-4-9-20)26-13-18-6-5-7-19(12-18)15-29-11-10-25-17-29/h2-12,16-17H,13-15H2,1H3,(H2,24,26,27). The van der Waals surface area contributed by atoms with Crippen molar-refractivity contribution in [1.29, 1.82) is 0 Å². The molecule has 7 nitrogen and oxygen atoms in total. The van der Waals surface area contributed by atoms with Gasteiger partial charge in [-0.25, -0.2) is 9.97 Å². The first-order valence-electron chi connectivity index (χ1n) is 9.78. The van der Waals surface area contributed by atoms with E-state index < -0.39 is 0 Å². The third-order valence-electron chi connectivity index (χ3n) is 4.61. The van der Waals surface area contributed by atoms with Gasteiger partial charge < -0.3 is 19.6 Å². The molecule has 0 aliphatic carbocycles. The van der Waals surface area contributed by atoms with E-state index in [1.54, 1.807) is 19.5 Å². The molecule has 0 saturated heterocycles. The average Bonchev–Trinajstić information content (AvgIpc) is 3.47. The van der Waals surface area contributed by atoms with Crippen molar-refractivity contribution in [3.8, 4) is 11.5 Å². The largest absolute Gasteiger partial charge is 0.444 e. The molecule has 4 rings (SSSR count). The summed E-state index contributed by atoms with van der Waals surface area (Å²) in [6.45, 7) is 2.00. The second kappa shape index (κ2) is 9.56. The maximum absolute atomic E-state index is 5.58. The lowest BCUT2D eigenvalue weighted by Crippen LogP contribution is -2.36. The van der Waals surface area contributed by atoms with Crippen LogP contribution in [0, 0.1) is 0 Å². The van der Waals surface area contributed by atoms with Gasteiger partial charge in [0.25, 0.3) is 0 Å². The van der Waals surface area contributed by atoms with Gasteiger partial charge in [0, 0.05) is 38.1 Å². The summed E-state index contributed by atoms with van der Waals surface area (Å²) < 4.78 is 7.63. The topological polar surface area (TPSA) is 80.3 Å². The molecule has 0 fully saturated rings. The molecule has 0 aliphatic rings. The third-order valence-corrected chi connectivity index (χ3v) is 4.61. The molecular weight excluding hydrogens is 376 g/mol. The van der Waals surface area contributed by atoms with Gasteiger partial charge in [0.2, 0.25) is 5.89 Å². The van der Waals surface area contributed by atoms with Gasteiger partial charge in [-0.3, -0.25) is 4.99 Å². The SMILES string of the molecule is CN=C(NCc1cccc(Cn2ccnc2)c1)NCc1coc(-c2ccccc2)n1. The minimum absolute atomic E-state index is 0.524. The van der Waals surface area contributed by atoms with Gasteiger partial charge in [0.1, 0.15) is 6.26 Å². The Morgan fingerprint density at radius 1 is 1.03 bits per heavy atom. The van der Waals surface area contributed by atoms with Crippen LogP contribution in [0.2, 0.25) is 0 Å². The van der Waals surface area contributed by atoms with E-state index in [9.17, 15) is 0 Å². The molecule has 7 heteroatoms. The van der Waals surface area contributed by atoms with E-state index in [0.717, 1.165) is 17.8 Å². The van der Waals surface area contributed by atoms with E-state index in [-0.39, 0.29) is 0 Å². The quantitative estimate of drug-likeness (QED) is 0.367. The number of rotatable bonds is 7. The van der Waals surface area contributed by atoms with E-state index in [2.05, 4.69) is 54.4 Å². The van der Waals surface area contributed by atoms with E-state index >= 15 is 0 Å². The lowest BCUT2D eigenvalue weighted by atomic mass is 10.1. The fourth-order valence-corrected chi connectivity index (χ4v) is 3.11. The van der Waals surface area contributed by atoms with E-state index in [4.69, 9.17) is 4.42 Å². The summed E-state index contributed by atoms with van der Waals surface area (Å²) in [5.74, 6) is 1.32. The average molecular weight is 400 g/mol. The number of aliphatic imine (C=N–C) groups is 1. The molecule has 0 spiro atoms. The lowest BCUT2D eigenvalue weighted by Gasteiger charge is -2.12. The summed E-state index contributed by atoms with van der Waals surface area (Å²) >= 11 is 0. The number of imidazole rings is 1. The van der Waals surface area contributed by atoms with Crippen LogP contribution >= 0.6 is 0 Å². The molecule has 2 heterocycles. The van der Waals surface area contributed by atoms with Crippen LogP contribution in [0.3, 0.4) is 0 Å². The molecule has 152 valence electrons. The Kier molecular flexibility index (Phi) is 6.19. The molecule has 30 heavy (non-hydrogen) atoms. The van der Waals surface area contributed by atoms with Crippen molar-refractivity contribution >= 4 is 5.96 Å². The molecule has 0 aliphatic heterocycles. The third kappa shape index (κ3) is 5.14. The highest BCUT2D eigenvalue weighted by Gasteiger charge is 2.07. The summed E-state index contributed by atoms with van der Waals surface area (Å²) in [4.78, 5) is 12.9. The van der Waals surface area contributed by atoms with Crippen LogP contribution < -0.4 is 10.6 Å². The normalized spacial score (nSPS) is 11.4. The van der Waals surface area contributed by atoms with Crippen molar-refractivity contribution in [2.75, 3.05) is 7.05 Å². The van der Waals surface area contributed by atoms with Gasteiger partial charge >= 0.3 is 0 Å². The van der Waals surface area contributed by atoms with Gasteiger partial charge in [-0.15, -0.1) is 0 Å². The monoisotopic (exact) mass is 400 g/mol. The fraction of sp³-hybridized carbons (Fsp3) is 0.174. The second-order valence-corrected chi connectivity index (χ2v) is 6.84. The first-order chi connectivity index (χ1) is 14.8. The number of hydrogen-bond acceptors (Lipinski definition) is 4. The van der Waals surface area contributed by atoms with Crippen LogP contribution in [0.1, 0.15) is 16.8 Å². The molecule has 2 aromatic heterocycles. The van der Waals surface area contributed by atoms with Crippen molar-refractivity contribution in [1.82, 2.24) is 25.2 Å². The zero-order valence-corrected chi connectivity index (χ0v) is 16.8. The first kappa shape index (κ1) is 19.4. The molecule has 0 unspecified atom stereocenters. The fourth-order valence-electron chi connectivity index (χ4n) is 3.11. The van der Waals surface area contributed by atoms with Crippen molar-refractivity contribution < 1.29 is 4.42 Å². The van der Waals surface area contributed by atoms with Gasteiger partial charge in [-0.1, -0.05) is 42.5 Å². The van der Waals surface area contributed by atoms with Crippen LogP contribution in [0.15, 0.2) is 89.0 Å². The number of nitrogens with one attached hydrogen (secondary N) is 2. The number of oxazole rings is 1. The van der Waals surface area contributed by atoms with Crippen LogP contribution in [-0.2, 0) is 19.6 Å². The predicted molar refractivity (Wildman–Crippen MR) is 117 cm³/mol. The van der Waals surface area contributed by atoms with Gasteiger partial charge in [-0.05, 0) is 23.3 Å². The Labute approximate surface area is 175 Å². The summed E-state index contributed by atoms with van der Waals surface area (Å²) in [6, 6.07) is 18.3.